The van der Waals surface area contributed by atoms with Crippen LogP contribution in [0.2, 0.25) is 0 Å². The van der Waals surface area contributed by atoms with Gasteiger partial charge in [0, 0.05) is 24.7 Å². The van der Waals surface area contributed by atoms with Crippen molar-refractivity contribution >= 4 is 15.9 Å². The Balaban J connectivity index is 1.29. The minimum Gasteiger partial charge on any atom is -0.378 e. The Morgan fingerprint density at radius 1 is 0.929 bits per heavy atom. The lowest BCUT2D eigenvalue weighted by Crippen LogP contribution is -2.55. The van der Waals surface area contributed by atoms with Crippen LogP contribution in [0.1, 0.15) is 42.5 Å². The molecule has 0 atom stereocenters. The molecule has 6 rings (SSSR count). The second kappa shape index (κ2) is 7.11. The number of nitrogens with one attached hydrogen (secondary N) is 1. The SMILES string of the molecule is O=C(c1ccc(S(=O)(=O)NC2C3CC4CC(C3)CC2C4)cc1)N1CCOCC1. The van der Waals surface area contributed by atoms with Crippen LogP contribution >= 0.6 is 0 Å². The highest BCUT2D eigenvalue weighted by atomic mass is 32.2. The van der Waals surface area contributed by atoms with Gasteiger partial charge in [0.15, 0.2) is 0 Å². The van der Waals surface area contributed by atoms with Crippen LogP contribution in [-0.4, -0.2) is 51.6 Å². The van der Waals surface area contributed by atoms with Crippen molar-refractivity contribution < 1.29 is 17.9 Å². The average Bonchev–Trinajstić information content (AvgIpc) is 2.70. The zero-order valence-electron chi connectivity index (χ0n) is 16.0. The Morgan fingerprint density at radius 2 is 1.50 bits per heavy atom. The molecule has 1 aromatic rings. The number of carbonyl (C=O) groups is 1. The standard InChI is InChI=1S/C21H28N2O4S/c24-21(23-5-7-27-8-6-23)16-1-3-19(4-2-16)28(25,26)22-20-17-10-14-9-15(12-17)13-18(20)11-14/h1-4,14-15,17-18,20,22H,5-13H2. The molecule has 1 heterocycles. The zero-order chi connectivity index (χ0) is 19.3. The molecule has 1 N–H and O–H groups in total. The maximum absolute atomic E-state index is 13.0. The van der Waals surface area contributed by atoms with Crippen molar-refractivity contribution in [2.45, 2.75) is 43.0 Å². The molecule has 1 amide bonds. The number of morpholine rings is 1. The van der Waals surface area contributed by atoms with E-state index >= 15 is 0 Å². The number of amides is 1. The minimum absolute atomic E-state index is 0.0683. The monoisotopic (exact) mass is 404 g/mol. The van der Waals surface area contributed by atoms with E-state index in [1.165, 1.54) is 32.1 Å². The third kappa shape index (κ3) is 3.37. The molecular formula is C21H28N2O4S. The van der Waals surface area contributed by atoms with Crippen LogP contribution in [0.5, 0.6) is 0 Å². The first-order chi connectivity index (χ1) is 13.5. The molecule has 0 unspecified atom stereocenters. The Labute approximate surface area is 166 Å². The summed E-state index contributed by atoms with van der Waals surface area (Å²) in [5.41, 5.74) is 0.524. The molecule has 28 heavy (non-hydrogen) atoms. The van der Waals surface area contributed by atoms with Gasteiger partial charge in [-0.15, -0.1) is 0 Å². The first-order valence-electron chi connectivity index (χ1n) is 10.5. The van der Waals surface area contributed by atoms with Gasteiger partial charge < -0.3 is 9.64 Å². The van der Waals surface area contributed by atoms with Crippen LogP contribution in [-0.2, 0) is 14.8 Å². The molecule has 0 spiro atoms. The van der Waals surface area contributed by atoms with Gasteiger partial charge in [0.1, 0.15) is 0 Å². The molecule has 6 nitrogen and oxygen atoms in total. The summed E-state index contributed by atoms with van der Waals surface area (Å²) < 4.78 is 34.3. The van der Waals surface area contributed by atoms with Crippen molar-refractivity contribution in [2.75, 3.05) is 26.3 Å². The van der Waals surface area contributed by atoms with Gasteiger partial charge in [-0.25, -0.2) is 13.1 Å². The molecule has 1 saturated heterocycles. The summed E-state index contributed by atoms with van der Waals surface area (Å²) >= 11 is 0. The van der Waals surface area contributed by atoms with E-state index in [-0.39, 0.29) is 16.8 Å². The Hall–Kier alpha value is -1.44. The van der Waals surface area contributed by atoms with Gasteiger partial charge in [-0.1, -0.05) is 0 Å². The van der Waals surface area contributed by atoms with E-state index in [1.54, 1.807) is 29.2 Å². The molecule has 4 bridgehead atoms. The maximum Gasteiger partial charge on any atom is 0.254 e. The fourth-order valence-corrected chi connectivity index (χ4v) is 7.46. The number of rotatable bonds is 4. The number of sulfonamides is 1. The highest BCUT2D eigenvalue weighted by Crippen LogP contribution is 2.53. The van der Waals surface area contributed by atoms with Gasteiger partial charge >= 0.3 is 0 Å². The summed E-state index contributed by atoms with van der Waals surface area (Å²) in [5.74, 6) is 2.55. The van der Waals surface area contributed by atoms with Crippen LogP contribution in [0.3, 0.4) is 0 Å². The van der Waals surface area contributed by atoms with E-state index in [2.05, 4.69) is 4.72 Å². The quantitative estimate of drug-likeness (QED) is 0.835. The predicted octanol–water partition coefficient (Wildman–Crippen LogP) is 2.26. The lowest BCUT2D eigenvalue weighted by atomic mass is 9.54. The minimum atomic E-state index is -3.57. The zero-order valence-corrected chi connectivity index (χ0v) is 16.9. The average molecular weight is 405 g/mol. The summed E-state index contributed by atoms with van der Waals surface area (Å²) in [6.07, 6.45) is 6.05. The van der Waals surface area contributed by atoms with Crippen LogP contribution in [0, 0.1) is 23.7 Å². The van der Waals surface area contributed by atoms with Crippen LogP contribution < -0.4 is 4.72 Å². The number of nitrogens with zero attached hydrogens (tertiary/aromatic N) is 1. The fourth-order valence-electron chi connectivity index (χ4n) is 6.09. The third-order valence-corrected chi connectivity index (χ3v) is 8.70. The van der Waals surface area contributed by atoms with E-state index in [0.717, 1.165) is 11.8 Å². The number of benzene rings is 1. The highest BCUT2D eigenvalue weighted by molar-refractivity contribution is 7.89. The van der Waals surface area contributed by atoms with Crippen molar-refractivity contribution in [1.82, 2.24) is 9.62 Å². The number of hydrogen-bond donors (Lipinski definition) is 1. The van der Waals surface area contributed by atoms with E-state index < -0.39 is 10.0 Å². The largest absolute Gasteiger partial charge is 0.378 e. The predicted molar refractivity (Wildman–Crippen MR) is 104 cm³/mol. The first kappa shape index (κ1) is 18.6. The van der Waals surface area contributed by atoms with E-state index in [1.807, 2.05) is 0 Å². The Bertz CT molecular complexity index is 818. The topological polar surface area (TPSA) is 75.7 Å². The van der Waals surface area contributed by atoms with Crippen molar-refractivity contribution in [1.29, 1.82) is 0 Å². The fraction of sp³-hybridized carbons (Fsp3) is 0.667. The second-order valence-corrected chi connectivity index (χ2v) is 10.7. The van der Waals surface area contributed by atoms with Crippen molar-refractivity contribution in [2.24, 2.45) is 23.7 Å². The lowest BCUT2D eigenvalue weighted by molar-refractivity contribution is -0.00557. The van der Waals surface area contributed by atoms with Gasteiger partial charge in [-0.2, -0.15) is 0 Å². The summed E-state index contributed by atoms with van der Waals surface area (Å²) in [6.45, 7) is 2.25. The molecule has 0 aromatic heterocycles. The summed E-state index contributed by atoms with van der Waals surface area (Å²) in [5, 5.41) is 0. The van der Waals surface area contributed by atoms with E-state index in [9.17, 15) is 13.2 Å². The van der Waals surface area contributed by atoms with E-state index in [0.29, 0.717) is 43.7 Å². The van der Waals surface area contributed by atoms with Crippen LogP contribution in [0.15, 0.2) is 29.2 Å². The molecule has 0 radical (unpaired) electrons. The second-order valence-electron chi connectivity index (χ2n) is 9.01. The summed E-state index contributed by atoms with van der Waals surface area (Å²) in [4.78, 5) is 14.5. The Kier molecular flexibility index (Phi) is 4.72. The molecule has 1 aromatic carbocycles. The number of ether oxygens (including phenoxy) is 1. The molecule has 4 saturated carbocycles. The third-order valence-electron chi connectivity index (χ3n) is 7.23. The molecule has 1 aliphatic heterocycles. The highest BCUT2D eigenvalue weighted by Gasteiger charge is 2.49. The van der Waals surface area contributed by atoms with Crippen LogP contribution in [0.25, 0.3) is 0 Å². The van der Waals surface area contributed by atoms with Gasteiger partial charge in [0.25, 0.3) is 5.91 Å². The van der Waals surface area contributed by atoms with Gasteiger partial charge in [0.05, 0.1) is 18.1 Å². The van der Waals surface area contributed by atoms with Gasteiger partial charge in [-0.05, 0) is 80.0 Å². The molecule has 5 fully saturated rings. The van der Waals surface area contributed by atoms with Crippen molar-refractivity contribution in [3.63, 3.8) is 0 Å². The molecular weight excluding hydrogens is 376 g/mol. The first-order valence-corrected chi connectivity index (χ1v) is 12.0. The number of carbonyl (C=O) groups excluding carboxylic acids is 1. The lowest BCUT2D eigenvalue weighted by Gasteiger charge is -2.54. The summed E-state index contributed by atoms with van der Waals surface area (Å²) in [6, 6.07) is 6.46. The molecule has 5 aliphatic rings. The normalized spacial score (nSPS) is 34.6. The smallest absolute Gasteiger partial charge is 0.254 e. The Morgan fingerprint density at radius 3 is 2.07 bits per heavy atom. The summed E-state index contributed by atoms with van der Waals surface area (Å²) in [7, 11) is -3.57. The molecule has 7 heteroatoms. The van der Waals surface area contributed by atoms with Crippen molar-refractivity contribution in [3.8, 4) is 0 Å². The van der Waals surface area contributed by atoms with Gasteiger partial charge in [0.2, 0.25) is 10.0 Å². The maximum atomic E-state index is 13.0. The van der Waals surface area contributed by atoms with Gasteiger partial charge in [-0.3, -0.25) is 4.79 Å². The molecule has 152 valence electrons. The van der Waals surface area contributed by atoms with Crippen molar-refractivity contribution in [3.05, 3.63) is 29.8 Å². The number of hydrogen-bond acceptors (Lipinski definition) is 4. The molecule has 4 aliphatic carbocycles. The van der Waals surface area contributed by atoms with Crippen LogP contribution in [0.4, 0.5) is 0 Å². The van der Waals surface area contributed by atoms with E-state index in [4.69, 9.17) is 4.74 Å².